The third-order valence-corrected chi connectivity index (χ3v) is 3.81. The molecule has 0 aliphatic carbocycles. The first-order chi connectivity index (χ1) is 10.5. The van der Waals surface area contributed by atoms with Crippen molar-refractivity contribution in [3.63, 3.8) is 0 Å². The fraction of sp³-hybridized carbons (Fsp3) is 0.400. The van der Waals surface area contributed by atoms with Crippen LogP contribution in [0.4, 0.5) is 5.82 Å². The Balaban J connectivity index is 0.000000346. The zero-order valence-electron chi connectivity index (χ0n) is 12.6. The molecule has 2 rings (SSSR count). The molecule has 120 valence electrons. The molecule has 0 atom stereocenters. The highest BCUT2D eigenvalue weighted by Gasteiger charge is 2.10. The van der Waals surface area contributed by atoms with Crippen molar-refractivity contribution in [2.24, 2.45) is 0 Å². The fourth-order valence-electron chi connectivity index (χ4n) is 1.74. The number of aromatic amines is 1. The van der Waals surface area contributed by atoms with Crippen LogP contribution in [0.3, 0.4) is 0 Å². The van der Waals surface area contributed by atoms with Gasteiger partial charge < -0.3 is 5.32 Å². The van der Waals surface area contributed by atoms with E-state index in [1.807, 2.05) is 32.0 Å². The number of carbonyl (C=O) groups is 2. The molecule has 5 nitrogen and oxygen atoms in total. The minimum absolute atomic E-state index is 0.00977. The van der Waals surface area contributed by atoms with E-state index >= 15 is 0 Å². The molecule has 0 saturated carbocycles. The van der Waals surface area contributed by atoms with Crippen LogP contribution in [0, 0.1) is 3.57 Å². The van der Waals surface area contributed by atoms with Gasteiger partial charge in [-0.05, 0) is 59.2 Å². The van der Waals surface area contributed by atoms with Gasteiger partial charge >= 0.3 is 0 Å². The summed E-state index contributed by atoms with van der Waals surface area (Å²) in [6.07, 6.45) is 2.72. The van der Waals surface area contributed by atoms with E-state index in [9.17, 15) is 9.59 Å². The van der Waals surface area contributed by atoms with Crippen molar-refractivity contribution in [1.29, 1.82) is 0 Å². The van der Waals surface area contributed by atoms with E-state index in [-0.39, 0.29) is 11.1 Å². The van der Waals surface area contributed by atoms with Crippen LogP contribution in [-0.4, -0.2) is 21.3 Å². The molecule has 1 aromatic carbocycles. The SMILES string of the molecule is CCCC(=O)Cl.CCCC(=O)Nc1n[nH]c2cccc(I)c12. The van der Waals surface area contributed by atoms with E-state index < -0.39 is 0 Å². The van der Waals surface area contributed by atoms with Crippen LogP contribution in [0.15, 0.2) is 18.2 Å². The van der Waals surface area contributed by atoms with Crippen LogP contribution < -0.4 is 5.32 Å². The summed E-state index contributed by atoms with van der Waals surface area (Å²) >= 11 is 7.18. The van der Waals surface area contributed by atoms with Gasteiger partial charge in [0.05, 0.1) is 10.9 Å². The van der Waals surface area contributed by atoms with E-state index in [4.69, 9.17) is 11.6 Å². The molecular weight excluding hydrogens is 417 g/mol. The first kappa shape index (κ1) is 18.9. The van der Waals surface area contributed by atoms with Crippen molar-refractivity contribution in [3.05, 3.63) is 21.8 Å². The second-order valence-corrected chi connectivity index (χ2v) is 6.22. The first-order valence-corrected chi connectivity index (χ1v) is 8.56. The standard InChI is InChI=1S/C11H12IN3O.C4H7ClO/c1-2-4-9(16)13-11-10-7(12)5-3-6-8(10)14-15-11;1-2-3-4(5)6/h3,5-6H,2,4H2,1H3,(H2,13,14,15,16);2-3H2,1H3. The van der Waals surface area contributed by atoms with Crippen molar-refractivity contribution in [2.75, 3.05) is 5.32 Å². The Morgan fingerprint density at radius 3 is 2.50 bits per heavy atom. The van der Waals surface area contributed by atoms with Crippen molar-refractivity contribution < 1.29 is 9.59 Å². The Bertz CT molecular complexity index is 643. The Morgan fingerprint density at radius 2 is 1.95 bits per heavy atom. The van der Waals surface area contributed by atoms with Gasteiger partial charge in [-0.15, -0.1) is 0 Å². The molecule has 0 bridgehead atoms. The summed E-state index contributed by atoms with van der Waals surface area (Å²) < 4.78 is 1.08. The lowest BCUT2D eigenvalue weighted by Crippen LogP contribution is -2.11. The van der Waals surface area contributed by atoms with Crippen molar-refractivity contribution in [1.82, 2.24) is 10.2 Å². The van der Waals surface area contributed by atoms with Gasteiger partial charge in [0.1, 0.15) is 0 Å². The molecule has 2 aromatic rings. The zero-order valence-corrected chi connectivity index (χ0v) is 15.5. The maximum atomic E-state index is 11.5. The molecule has 7 heteroatoms. The maximum absolute atomic E-state index is 11.5. The van der Waals surface area contributed by atoms with Crippen LogP contribution in [0.25, 0.3) is 10.9 Å². The Morgan fingerprint density at radius 1 is 1.27 bits per heavy atom. The van der Waals surface area contributed by atoms with E-state index in [0.717, 1.165) is 27.3 Å². The van der Waals surface area contributed by atoms with Gasteiger partial charge in [0.2, 0.25) is 11.1 Å². The van der Waals surface area contributed by atoms with Crippen LogP contribution in [0.1, 0.15) is 39.5 Å². The number of amides is 1. The molecule has 0 aliphatic heterocycles. The largest absolute Gasteiger partial charge is 0.309 e. The summed E-state index contributed by atoms with van der Waals surface area (Å²) in [5.74, 6) is 0.633. The van der Waals surface area contributed by atoms with Crippen LogP contribution >= 0.6 is 34.2 Å². The number of anilines is 1. The number of H-pyrrole nitrogens is 1. The molecule has 2 N–H and O–H groups in total. The maximum Gasteiger partial charge on any atom is 0.225 e. The van der Waals surface area contributed by atoms with E-state index in [1.54, 1.807) is 0 Å². The highest BCUT2D eigenvalue weighted by molar-refractivity contribution is 14.1. The van der Waals surface area contributed by atoms with E-state index in [0.29, 0.717) is 18.7 Å². The molecule has 1 heterocycles. The van der Waals surface area contributed by atoms with Gasteiger partial charge in [-0.1, -0.05) is 19.9 Å². The highest BCUT2D eigenvalue weighted by atomic mass is 127. The number of hydrogen-bond acceptors (Lipinski definition) is 3. The number of halogens is 2. The molecule has 1 amide bonds. The summed E-state index contributed by atoms with van der Waals surface area (Å²) in [4.78, 5) is 21.3. The minimum Gasteiger partial charge on any atom is -0.309 e. The lowest BCUT2D eigenvalue weighted by molar-refractivity contribution is -0.116. The molecule has 0 aliphatic rings. The van der Waals surface area contributed by atoms with Gasteiger partial charge in [0, 0.05) is 16.4 Å². The first-order valence-electron chi connectivity index (χ1n) is 7.10. The molecule has 0 saturated heterocycles. The molecule has 0 spiro atoms. The van der Waals surface area contributed by atoms with Gasteiger partial charge in [0.25, 0.3) is 0 Å². The molecule has 1 aromatic heterocycles. The predicted molar refractivity (Wildman–Crippen MR) is 98.1 cm³/mol. The smallest absolute Gasteiger partial charge is 0.225 e. The van der Waals surface area contributed by atoms with Gasteiger partial charge in [-0.25, -0.2) is 0 Å². The normalized spacial score (nSPS) is 10.0. The van der Waals surface area contributed by atoms with Crippen LogP contribution in [0.2, 0.25) is 0 Å². The topological polar surface area (TPSA) is 74.8 Å². The molecule has 22 heavy (non-hydrogen) atoms. The number of carbonyl (C=O) groups excluding carboxylic acids is 2. The summed E-state index contributed by atoms with van der Waals surface area (Å²) in [5.41, 5.74) is 0.943. The van der Waals surface area contributed by atoms with Gasteiger partial charge in [0.15, 0.2) is 5.82 Å². The number of hydrogen-bond donors (Lipinski definition) is 2. The van der Waals surface area contributed by atoms with Crippen LogP contribution in [-0.2, 0) is 9.59 Å². The quantitative estimate of drug-likeness (QED) is 0.538. The Labute approximate surface area is 148 Å². The number of benzene rings is 1. The Kier molecular flexibility index (Phi) is 8.40. The van der Waals surface area contributed by atoms with E-state index in [2.05, 4.69) is 38.1 Å². The van der Waals surface area contributed by atoms with Crippen molar-refractivity contribution in [3.8, 4) is 0 Å². The average molecular weight is 436 g/mol. The molecule has 0 radical (unpaired) electrons. The van der Waals surface area contributed by atoms with Gasteiger partial charge in [-0.3, -0.25) is 14.7 Å². The number of aromatic nitrogens is 2. The van der Waals surface area contributed by atoms with Crippen molar-refractivity contribution >= 4 is 62.1 Å². The summed E-state index contributed by atoms with van der Waals surface area (Å²) in [6.45, 7) is 3.90. The number of nitrogens with zero attached hydrogens (tertiary/aromatic N) is 1. The fourth-order valence-corrected chi connectivity index (χ4v) is 2.68. The Hall–Kier alpha value is -1.15. The molecule has 0 fully saturated rings. The lowest BCUT2D eigenvalue weighted by atomic mass is 10.2. The predicted octanol–water partition coefficient (Wildman–Crippen LogP) is 4.46. The minimum atomic E-state index is -0.238. The number of nitrogens with one attached hydrogen (secondary N) is 2. The average Bonchev–Trinajstić information content (AvgIpc) is 2.84. The van der Waals surface area contributed by atoms with Crippen LogP contribution in [0.5, 0.6) is 0 Å². The summed E-state index contributed by atoms with van der Waals surface area (Å²) in [5, 5.41) is 10.6. The second kappa shape index (κ2) is 9.78. The number of rotatable bonds is 5. The highest BCUT2D eigenvalue weighted by Crippen LogP contribution is 2.25. The summed E-state index contributed by atoms with van der Waals surface area (Å²) in [7, 11) is 0. The number of fused-ring (bicyclic) bond motifs is 1. The monoisotopic (exact) mass is 435 g/mol. The zero-order chi connectivity index (χ0) is 16.5. The molecule has 0 unspecified atom stereocenters. The third kappa shape index (κ3) is 5.92. The van der Waals surface area contributed by atoms with E-state index in [1.165, 1.54) is 0 Å². The lowest BCUT2D eigenvalue weighted by Gasteiger charge is -2.01. The third-order valence-electron chi connectivity index (χ3n) is 2.72. The molecular formula is C15H19ClIN3O2. The summed E-state index contributed by atoms with van der Waals surface area (Å²) in [6, 6.07) is 5.90. The van der Waals surface area contributed by atoms with Gasteiger partial charge in [-0.2, -0.15) is 5.10 Å². The van der Waals surface area contributed by atoms with Crippen molar-refractivity contribution in [2.45, 2.75) is 39.5 Å². The second-order valence-electron chi connectivity index (χ2n) is 4.64.